The Hall–Kier alpha value is -3.61. The van der Waals surface area contributed by atoms with Crippen LogP contribution in [-0.4, -0.2) is 40.6 Å². The lowest BCUT2D eigenvalue weighted by Gasteiger charge is -2.38. The lowest BCUT2D eigenvalue weighted by Crippen LogP contribution is -2.41. The molecule has 1 atom stereocenters. The summed E-state index contributed by atoms with van der Waals surface area (Å²) in [6.07, 6.45) is 7.95. The molecule has 7 heteroatoms. The minimum Gasteiger partial charge on any atom is -0.495 e. The average Bonchev–Trinajstić information content (AvgIpc) is 3.26. The number of aryl methyl sites for hydroxylation is 1. The standard InChI is InChI=1S/C26H26FN3O3/c1-17-15-29(16-28-17)23-8-5-18(13-25(23)32-2)12-19-4-3-10-30(26(19)31)22-9-11-33-24-14-20(27)6-7-21(22)24/h5-8,12-16,22H,3-4,9-11H2,1-2H3/b19-12+/t22-/m0/s1. The molecule has 5 rings (SSSR count). The number of halogens is 1. The summed E-state index contributed by atoms with van der Waals surface area (Å²) < 4.78 is 26.8. The van der Waals surface area contributed by atoms with Gasteiger partial charge in [-0.25, -0.2) is 9.37 Å². The number of methoxy groups -OCH3 is 1. The van der Waals surface area contributed by atoms with Crippen LogP contribution in [0.3, 0.4) is 0 Å². The lowest BCUT2D eigenvalue weighted by molar-refractivity contribution is -0.131. The Bertz CT molecular complexity index is 1230. The first kappa shape index (κ1) is 21.2. The number of hydrogen-bond donors (Lipinski definition) is 0. The number of carbonyl (C=O) groups excluding carboxylic acids is 1. The molecule has 170 valence electrons. The van der Waals surface area contributed by atoms with E-state index >= 15 is 0 Å². The minimum atomic E-state index is -0.330. The van der Waals surface area contributed by atoms with Gasteiger partial charge in [0.25, 0.3) is 0 Å². The Kier molecular flexibility index (Phi) is 5.62. The summed E-state index contributed by atoms with van der Waals surface area (Å²) in [5.74, 6) is 0.937. The highest BCUT2D eigenvalue weighted by Gasteiger charge is 2.33. The van der Waals surface area contributed by atoms with Gasteiger partial charge in [-0.05, 0) is 49.6 Å². The molecular weight excluding hydrogens is 421 g/mol. The van der Waals surface area contributed by atoms with Gasteiger partial charge in [0.05, 0.1) is 37.5 Å². The fraction of sp³-hybridized carbons (Fsp3) is 0.308. The second-order valence-electron chi connectivity index (χ2n) is 8.46. The highest BCUT2D eigenvalue weighted by Crippen LogP contribution is 2.39. The Balaban J connectivity index is 1.43. The molecule has 1 saturated heterocycles. The van der Waals surface area contributed by atoms with Crippen molar-refractivity contribution in [3.05, 3.63) is 77.1 Å². The van der Waals surface area contributed by atoms with Crippen molar-refractivity contribution < 1.29 is 18.7 Å². The number of piperidine rings is 1. The van der Waals surface area contributed by atoms with Gasteiger partial charge in [-0.1, -0.05) is 12.1 Å². The highest BCUT2D eigenvalue weighted by molar-refractivity contribution is 5.99. The molecule has 1 amide bonds. The number of ether oxygens (including phenoxy) is 2. The SMILES string of the molecule is COc1cc(/C=C2\CCCN([C@H]3CCOc4cc(F)ccc43)C2=O)ccc1-n1cnc(C)c1. The van der Waals surface area contributed by atoms with Gasteiger partial charge in [0.15, 0.2) is 0 Å². The number of amides is 1. The number of nitrogens with zero attached hydrogens (tertiary/aromatic N) is 3. The quantitative estimate of drug-likeness (QED) is 0.536. The fourth-order valence-corrected chi connectivity index (χ4v) is 4.68. The van der Waals surface area contributed by atoms with E-state index in [0.717, 1.165) is 40.9 Å². The zero-order chi connectivity index (χ0) is 22.9. The van der Waals surface area contributed by atoms with Gasteiger partial charge in [0.2, 0.25) is 5.91 Å². The van der Waals surface area contributed by atoms with Gasteiger partial charge in [-0.2, -0.15) is 0 Å². The highest BCUT2D eigenvalue weighted by atomic mass is 19.1. The maximum Gasteiger partial charge on any atom is 0.250 e. The molecule has 0 spiro atoms. The molecule has 33 heavy (non-hydrogen) atoms. The van der Waals surface area contributed by atoms with Gasteiger partial charge in [-0.15, -0.1) is 0 Å². The van der Waals surface area contributed by atoms with Crippen molar-refractivity contribution in [1.82, 2.24) is 14.5 Å². The molecule has 2 aliphatic heterocycles. The molecule has 0 unspecified atom stereocenters. The van der Waals surface area contributed by atoms with Crippen molar-refractivity contribution in [2.24, 2.45) is 0 Å². The van der Waals surface area contributed by atoms with Crippen LogP contribution in [0.1, 0.15) is 42.1 Å². The number of rotatable bonds is 4. The number of carbonyl (C=O) groups is 1. The lowest BCUT2D eigenvalue weighted by atomic mass is 9.93. The molecule has 2 aromatic carbocycles. The molecule has 1 fully saturated rings. The van der Waals surface area contributed by atoms with Crippen LogP contribution in [0.25, 0.3) is 11.8 Å². The Morgan fingerprint density at radius 3 is 2.91 bits per heavy atom. The van der Waals surface area contributed by atoms with E-state index in [1.807, 2.05) is 46.9 Å². The number of benzene rings is 2. The van der Waals surface area contributed by atoms with Crippen LogP contribution in [0.4, 0.5) is 4.39 Å². The monoisotopic (exact) mass is 447 g/mol. The molecule has 2 aliphatic rings. The largest absolute Gasteiger partial charge is 0.495 e. The molecule has 0 aliphatic carbocycles. The summed E-state index contributed by atoms with van der Waals surface area (Å²) in [7, 11) is 1.64. The normalized spacial score (nSPS) is 19.4. The van der Waals surface area contributed by atoms with E-state index in [9.17, 15) is 9.18 Å². The van der Waals surface area contributed by atoms with E-state index in [1.165, 1.54) is 12.1 Å². The van der Waals surface area contributed by atoms with Crippen LogP contribution in [0.2, 0.25) is 0 Å². The van der Waals surface area contributed by atoms with Gasteiger partial charge < -0.3 is 18.9 Å². The molecule has 0 N–H and O–H groups in total. The number of likely N-dealkylation sites (tertiary alicyclic amines) is 1. The maximum absolute atomic E-state index is 13.7. The summed E-state index contributed by atoms with van der Waals surface area (Å²) in [5, 5.41) is 0. The first-order valence-electron chi connectivity index (χ1n) is 11.2. The zero-order valence-electron chi connectivity index (χ0n) is 18.8. The fourth-order valence-electron chi connectivity index (χ4n) is 4.68. The van der Waals surface area contributed by atoms with Crippen LogP contribution in [0.15, 0.2) is 54.5 Å². The smallest absolute Gasteiger partial charge is 0.250 e. The third-order valence-corrected chi connectivity index (χ3v) is 6.27. The van der Waals surface area contributed by atoms with E-state index in [4.69, 9.17) is 9.47 Å². The van der Waals surface area contributed by atoms with E-state index in [2.05, 4.69) is 4.98 Å². The number of fused-ring (bicyclic) bond motifs is 1. The number of hydrogen-bond acceptors (Lipinski definition) is 4. The van der Waals surface area contributed by atoms with E-state index in [1.54, 1.807) is 19.5 Å². The van der Waals surface area contributed by atoms with Gasteiger partial charge in [0, 0.05) is 36.4 Å². The van der Waals surface area contributed by atoms with Crippen LogP contribution >= 0.6 is 0 Å². The minimum absolute atomic E-state index is 0.0247. The molecule has 0 saturated carbocycles. The van der Waals surface area contributed by atoms with Gasteiger partial charge >= 0.3 is 0 Å². The van der Waals surface area contributed by atoms with Crippen molar-refractivity contribution in [2.75, 3.05) is 20.3 Å². The molecule has 3 aromatic rings. The third-order valence-electron chi connectivity index (χ3n) is 6.27. The third kappa shape index (κ3) is 4.11. The van der Waals surface area contributed by atoms with Crippen LogP contribution in [0, 0.1) is 12.7 Å². The van der Waals surface area contributed by atoms with Crippen molar-refractivity contribution in [3.8, 4) is 17.2 Å². The number of imidazole rings is 1. The van der Waals surface area contributed by atoms with Crippen LogP contribution in [0.5, 0.6) is 11.5 Å². The molecular formula is C26H26FN3O3. The van der Waals surface area contributed by atoms with Crippen LogP contribution < -0.4 is 9.47 Å². The molecule has 0 radical (unpaired) electrons. The Morgan fingerprint density at radius 1 is 1.24 bits per heavy atom. The Morgan fingerprint density at radius 2 is 2.12 bits per heavy atom. The second kappa shape index (κ2) is 8.73. The summed E-state index contributed by atoms with van der Waals surface area (Å²) in [4.78, 5) is 19.6. The second-order valence-corrected chi connectivity index (χ2v) is 8.46. The van der Waals surface area contributed by atoms with E-state index < -0.39 is 0 Å². The van der Waals surface area contributed by atoms with Gasteiger partial charge in [0.1, 0.15) is 17.3 Å². The summed E-state index contributed by atoms with van der Waals surface area (Å²) in [6, 6.07) is 10.4. The number of aromatic nitrogens is 2. The van der Waals surface area contributed by atoms with E-state index in [0.29, 0.717) is 31.1 Å². The summed E-state index contributed by atoms with van der Waals surface area (Å²) in [6.45, 7) is 3.09. The molecule has 6 nitrogen and oxygen atoms in total. The van der Waals surface area contributed by atoms with Crippen molar-refractivity contribution >= 4 is 12.0 Å². The van der Waals surface area contributed by atoms with Crippen molar-refractivity contribution in [3.63, 3.8) is 0 Å². The molecule has 0 bridgehead atoms. The molecule has 3 heterocycles. The molecule has 1 aromatic heterocycles. The van der Waals surface area contributed by atoms with Gasteiger partial charge in [-0.3, -0.25) is 4.79 Å². The first-order valence-corrected chi connectivity index (χ1v) is 11.2. The first-order chi connectivity index (χ1) is 16.0. The van der Waals surface area contributed by atoms with Crippen molar-refractivity contribution in [2.45, 2.75) is 32.2 Å². The summed E-state index contributed by atoms with van der Waals surface area (Å²) in [5.41, 5.74) is 4.37. The zero-order valence-corrected chi connectivity index (χ0v) is 18.8. The van der Waals surface area contributed by atoms with E-state index in [-0.39, 0.29) is 17.8 Å². The Labute approximate surface area is 192 Å². The van der Waals surface area contributed by atoms with Crippen molar-refractivity contribution in [1.29, 1.82) is 0 Å². The summed E-state index contributed by atoms with van der Waals surface area (Å²) >= 11 is 0. The predicted octanol–water partition coefficient (Wildman–Crippen LogP) is 4.86. The predicted molar refractivity (Wildman–Crippen MR) is 123 cm³/mol. The topological polar surface area (TPSA) is 56.6 Å². The maximum atomic E-state index is 13.7. The van der Waals surface area contributed by atoms with Crippen LogP contribution in [-0.2, 0) is 4.79 Å². The average molecular weight is 448 g/mol.